The molecule has 2 fully saturated rings. The van der Waals surface area contributed by atoms with Gasteiger partial charge in [0.25, 0.3) is 0 Å². The fourth-order valence-corrected chi connectivity index (χ4v) is 4.47. The average Bonchev–Trinajstić information content (AvgIpc) is 3.31. The van der Waals surface area contributed by atoms with Crippen molar-refractivity contribution in [2.45, 2.75) is 12.7 Å². The number of aromatic nitrogens is 4. The van der Waals surface area contributed by atoms with Gasteiger partial charge in [-0.05, 0) is 17.7 Å². The van der Waals surface area contributed by atoms with Crippen LogP contribution in [0.4, 0.5) is 29.6 Å². The van der Waals surface area contributed by atoms with E-state index >= 15 is 0 Å². The minimum atomic E-state index is -4.74. The smallest absolute Gasteiger partial charge is 0.417 e. The van der Waals surface area contributed by atoms with Crippen molar-refractivity contribution in [3.05, 3.63) is 35.7 Å². The first-order valence-electron chi connectivity index (χ1n) is 11.9. The van der Waals surface area contributed by atoms with Gasteiger partial charge in [-0.1, -0.05) is 0 Å². The number of nitrogens with zero attached hydrogens (tertiary/aromatic N) is 6. The Kier molecular flexibility index (Phi) is 7.13. The molecule has 0 bridgehead atoms. The minimum absolute atomic E-state index is 0.122. The molecular weight excluding hydrogens is 493 g/mol. The number of ether oxygens (including phenoxy) is 2. The first-order chi connectivity index (χ1) is 17.8. The molecule has 2 saturated heterocycles. The van der Waals surface area contributed by atoms with Crippen LogP contribution in [0.25, 0.3) is 16.9 Å². The summed E-state index contributed by atoms with van der Waals surface area (Å²) >= 11 is 0. The lowest BCUT2D eigenvalue weighted by Gasteiger charge is -2.28. The van der Waals surface area contributed by atoms with Gasteiger partial charge in [0.15, 0.2) is 11.6 Å². The van der Waals surface area contributed by atoms with E-state index in [4.69, 9.17) is 4.74 Å². The first kappa shape index (κ1) is 25.2. The summed E-state index contributed by atoms with van der Waals surface area (Å²) < 4.78 is 53.8. The summed E-state index contributed by atoms with van der Waals surface area (Å²) in [5.41, 5.74) is 0.391. The molecule has 3 aromatic rings. The molecule has 0 unspecified atom stereocenters. The molecular formula is C23H27F3N8O3. The number of nitrogens with one attached hydrogen (secondary N) is 2. The fourth-order valence-electron chi connectivity index (χ4n) is 4.47. The number of rotatable bonds is 5. The number of anilines is 2. The Bertz CT molecular complexity index is 1270. The van der Waals surface area contributed by atoms with E-state index in [1.807, 2.05) is 17.2 Å². The van der Waals surface area contributed by atoms with Gasteiger partial charge in [0, 0.05) is 58.2 Å². The highest BCUT2D eigenvalue weighted by molar-refractivity contribution is 5.84. The van der Waals surface area contributed by atoms with Crippen LogP contribution in [0, 0.1) is 0 Å². The van der Waals surface area contributed by atoms with Crippen LogP contribution in [0.3, 0.4) is 0 Å². The molecule has 0 saturated carbocycles. The molecule has 3 aromatic heterocycles. The summed E-state index contributed by atoms with van der Waals surface area (Å²) in [5, 5.41) is 9.95. The van der Waals surface area contributed by atoms with Gasteiger partial charge >= 0.3 is 12.3 Å². The number of alkyl halides is 3. The van der Waals surface area contributed by atoms with E-state index in [2.05, 4.69) is 35.3 Å². The zero-order valence-corrected chi connectivity index (χ0v) is 20.2. The molecule has 0 spiro atoms. The van der Waals surface area contributed by atoms with E-state index in [0.29, 0.717) is 44.2 Å². The second-order valence-corrected chi connectivity index (χ2v) is 8.79. The zero-order chi connectivity index (χ0) is 26.0. The lowest BCUT2D eigenvalue weighted by atomic mass is 10.1. The Morgan fingerprint density at radius 3 is 2.65 bits per heavy atom. The van der Waals surface area contributed by atoms with Gasteiger partial charge in [-0.25, -0.2) is 19.3 Å². The standard InChI is InChI=1S/C23H27F3N8O3/c1-36-22(35)29-19-11-17(23(24,25)26)16(12-28-19)20-30-21(33-6-8-37-9-7-33)18-10-15(14-34(18)31-20)13-32-4-2-27-3-5-32/h10-12,14,27H,2-9,13H2,1H3,(H,28,29,35). The van der Waals surface area contributed by atoms with E-state index in [1.54, 1.807) is 4.52 Å². The molecule has 0 atom stereocenters. The van der Waals surface area contributed by atoms with Gasteiger partial charge < -0.3 is 19.7 Å². The molecule has 11 nitrogen and oxygen atoms in total. The highest BCUT2D eigenvalue weighted by Gasteiger charge is 2.36. The van der Waals surface area contributed by atoms with Crippen LogP contribution in [-0.4, -0.2) is 90.2 Å². The van der Waals surface area contributed by atoms with Gasteiger partial charge in [0.2, 0.25) is 0 Å². The number of amides is 1. The summed E-state index contributed by atoms with van der Waals surface area (Å²) in [6.07, 6.45) is -2.82. The summed E-state index contributed by atoms with van der Waals surface area (Å²) in [7, 11) is 1.11. The van der Waals surface area contributed by atoms with Crippen LogP contribution in [-0.2, 0) is 22.2 Å². The summed E-state index contributed by atoms with van der Waals surface area (Å²) in [4.78, 5) is 24.4. The molecule has 2 N–H and O–H groups in total. The van der Waals surface area contributed by atoms with E-state index < -0.39 is 17.8 Å². The first-order valence-corrected chi connectivity index (χ1v) is 11.9. The van der Waals surface area contributed by atoms with Crippen LogP contribution in [0.1, 0.15) is 11.1 Å². The molecule has 5 rings (SSSR count). The van der Waals surface area contributed by atoms with Crippen molar-refractivity contribution in [2.24, 2.45) is 0 Å². The molecule has 2 aliphatic rings. The Morgan fingerprint density at radius 1 is 1.19 bits per heavy atom. The number of carbonyl (C=O) groups is 1. The number of hydrogen-bond acceptors (Lipinski definition) is 9. The summed E-state index contributed by atoms with van der Waals surface area (Å²) in [5.74, 6) is 0.115. The number of halogens is 3. The van der Waals surface area contributed by atoms with Crippen molar-refractivity contribution in [3.63, 3.8) is 0 Å². The predicted molar refractivity (Wildman–Crippen MR) is 128 cm³/mol. The van der Waals surface area contributed by atoms with Crippen molar-refractivity contribution < 1.29 is 27.4 Å². The van der Waals surface area contributed by atoms with E-state index in [-0.39, 0.29) is 17.2 Å². The van der Waals surface area contributed by atoms with Crippen molar-refractivity contribution in [3.8, 4) is 11.4 Å². The van der Waals surface area contributed by atoms with Crippen molar-refractivity contribution in [1.82, 2.24) is 29.8 Å². The van der Waals surface area contributed by atoms with Gasteiger partial charge in [0.05, 0.1) is 31.5 Å². The van der Waals surface area contributed by atoms with Crippen LogP contribution in [0.15, 0.2) is 24.5 Å². The van der Waals surface area contributed by atoms with E-state index in [1.165, 1.54) is 0 Å². The predicted octanol–water partition coefficient (Wildman–Crippen LogP) is 2.23. The monoisotopic (exact) mass is 520 g/mol. The molecule has 0 aromatic carbocycles. The Labute approximate surface area is 210 Å². The lowest BCUT2D eigenvalue weighted by Crippen LogP contribution is -2.42. The van der Waals surface area contributed by atoms with Gasteiger partial charge in [-0.3, -0.25) is 10.2 Å². The molecule has 14 heteroatoms. The lowest BCUT2D eigenvalue weighted by molar-refractivity contribution is -0.137. The van der Waals surface area contributed by atoms with Crippen LogP contribution in [0.2, 0.25) is 0 Å². The normalized spacial score (nSPS) is 17.2. The third kappa shape index (κ3) is 5.60. The number of fused-ring (bicyclic) bond motifs is 1. The average molecular weight is 521 g/mol. The molecule has 1 amide bonds. The third-order valence-electron chi connectivity index (χ3n) is 6.29. The van der Waals surface area contributed by atoms with Crippen molar-refractivity contribution >= 4 is 23.2 Å². The van der Waals surface area contributed by atoms with Gasteiger partial charge in [-0.15, -0.1) is 5.10 Å². The maximum atomic E-state index is 14.1. The molecule has 2 aliphatic heterocycles. The Balaban J connectivity index is 1.59. The molecule has 37 heavy (non-hydrogen) atoms. The van der Waals surface area contributed by atoms with Crippen LogP contribution < -0.4 is 15.5 Å². The highest BCUT2D eigenvalue weighted by atomic mass is 19.4. The number of pyridine rings is 1. The minimum Gasteiger partial charge on any atom is -0.453 e. The zero-order valence-electron chi connectivity index (χ0n) is 20.2. The quantitative estimate of drug-likeness (QED) is 0.524. The van der Waals surface area contributed by atoms with Crippen molar-refractivity contribution in [1.29, 1.82) is 0 Å². The van der Waals surface area contributed by atoms with E-state index in [9.17, 15) is 18.0 Å². The van der Waals surface area contributed by atoms with Crippen LogP contribution >= 0.6 is 0 Å². The Hall–Kier alpha value is -3.49. The fraction of sp³-hybridized carbons (Fsp3) is 0.478. The van der Waals surface area contributed by atoms with Crippen LogP contribution in [0.5, 0.6) is 0 Å². The second kappa shape index (κ2) is 10.5. The molecule has 0 aliphatic carbocycles. The maximum Gasteiger partial charge on any atom is 0.417 e. The maximum absolute atomic E-state index is 14.1. The number of methoxy groups -OCH3 is 1. The molecule has 5 heterocycles. The number of piperazine rings is 1. The molecule has 198 valence electrons. The highest BCUT2D eigenvalue weighted by Crippen LogP contribution is 2.37. The van der Waals surface area contributed by atoms with Gasteiger partial charge in [-0.2, -0.15) is 13.2 Å². The summed E-state index contributed by atoms with van der Waals surface area (Å²) in [6, 6.07) is 2.74. The van der Waals surface area contributed by atoms with E-state index in [0.717, 1.165) is 51.1 Å². The number of carbonyl (C=O) groups excluding carboxylic acids is 1. The third-order valence-corrected chi connectivity index (χ3v) is 6.29. The number of morpholine rings is 1. The SMILES string of the molecule is COC(=O)Nc1cc(C(F)(F)F)c(-c2nc(N3CCOCC3)c3cc(CN4CCNCC4)cn3n2)cn1. The van der Waals surface area contributed by atoms with Gasteiger partial charge in [0.1, 0.15) is 11.3 Å². The topological polar surface area (TPSA) is 109 Å². The summed E-state index contributed by atoms with van der Waals surface area (Å²) in [6.45, 7) is 6.42. The largest absolute Gasteiger partial charge is 0.453 e. The van der Waals surface area contributed by atoms with Crippen molar-refractivity contribution in [2.75, 3.05) is 69.8 Å². The molecule has 0 radical (unpaired) electrons. The Morgan fingerprint density at radius 2 is 1.95 bits per heavy atom. The number of hydrogen-bond donors (Lipinski definition) is 2. The second-order valence-electron chi connectivity index (χ2n) is 8.79.